The Balaban J connectivity index is 2.37. The SMILES string of the molecule is CC(=O)OC[C@@H]1C(=O)N2[C@@H](C(=O)O)C(C)(C)S(=O)(=O)[C@H]12. The van der Waals surface area contributed by atoms with Crippen LogP contribution < -0.4 is 0 Å². The number of nitrogens with zero attached hydrogens (tertiary/aromatic N) is 1. The van der Waals surface area contributed by atoms with Crippen molar-refractivity contribution in [2.45, 2.75) is 36.9 Å². The Hall–Kier alpha value is -1.64. The summed E-state index contributed by atoms with van der Waals surface area (Å²) in [4.78, 5) is 34.8. The molecule has 2 aliphatic rings. The van der Waals surface area contributed by atoms with Crippen molar-refractivity contribution >= 4 is 27.7 Å². The molecule has 112 valence electrons. The van der Waals surface area contributed by atoms with Gasteiger partial charge in [0.1, 0.15) is 18.6 Å². The highest BCUT2D eigenvalue weighted by Crippen LogP contribution is 2.48. The van der Waals surface area contributed by atoms with E-state index < -0.39 is 49.8 Å². The molecule has 0 spiro atoms. The molecule has 3 atom stereocenters. The fourth-order valence-electron chi connectivity index (χ4n) is 2.77. The first-order valence-electron chi connectivity index (χ1n) is 5.95. The molecule has 2 saturated heterocycles. The van der Waals surface area contributed by atoms with E-state index in [4.69, 9.17) is 0 Å². The zero-order valence-electron chi connectivity index (χ0n) is 11.2. The highest BCUT2D eigenvalue weighted by molar-refractivity contribution is 7.93. The maximum Gasteiger partial charge on any atom is 0.328 e. The molecule has 0 saturated carbocycles. The molecule has 0 aromatic heterocycles. The van der Waals surface area contributed by atoms with Gasteiger partial charge in [-0.1, -0.05) is 0 Å². The van der Waals surface area contributed by atoms with Gasteiger partial charge in [-0.15, -0.1) is 0 Å². The van der Waals surface area contributed by atoms with Crippen LogP contribution in [0.4, 0.5) is 0 Å². The van der Waals surface area contributed by atoms with Gasteiger partial charge < -0.3 is 14.7 Å². The Morgan fingerprint density at radius 1 is 1.40 bits per heavy atom. The van der Waals surface area contributed by atoms with E-state index >= 15 is 0 Å². The molecule has 0 aromatic carbocycles. The Labute approximate surface area is 115 Å². The number of aliphatic carboxylic acids is 1. The quantitative estimate of drug-likeness (QED) is 0.524. The monoisotopic (exact) mass is 305 g/mol. The van der Waals surface area contributed by atoms with Gasteiger partial charge in [0.25, 0.3) is 0 Å². The van der Waals surface area contributed by atoms with Gasteiger partial charge in [0.2, 0.25) is 5.91 Å². The van der Waals surface area contributed by atoms with Crippen molar-refractivity contribution in [2.24, 2.45) is 5.92 Å². The molecule has 8 nitrogen and oxygen atoms in total. The Morgan fingerprint density at radius 2 is 1.95 bits per heavy atom. The molecule has 2 rings (SSSR count). The summed E-state index contributed by atoms with van der Waals surface area (Å²) >= 11 is 0. The topological polar surface area (TPSA) is 118 Å². The van der Waals surface area contributed by atoms with E-state index in [0.717, 1.165) is 11.8 Å². The van der Waals surface area contributed by atoms with Gasteiger partial charge in [-0.3, -0.25) is 9.59 Å². The highest BCUT2D eigenvalue weighted by atomic mass is 32.2. The van der Waals surface area contributed by atoms with Crippen molar-refractivity contribution in [1.29, 1.82) is 0 Å². The van der Waals surface area contributed by atoms with Crippen molar-refractivity contribution in [2.75, 3.05) is 6.61 Å². The van der Waals surface area contributed by atoms with Crippen molar-refractivity contribution < 1.29 is 32.6 Å². The minimum absolute atomic E-state index is 0.350. The van der Waals surface area contributed by atoms with Gasteiger partial charge in [-0.05, 0) is 13.8 Å². The van der Waals surface area contributed by atoms with Gasteiger partial charge in [0.15, 0.2) is 15.2 Å². The number of carboxylic acids is 1. The van der Waals surface area contributed by atoms with E-state index in [1.165, 1.54) is 13.8 Å². The van der Waals surface area contributed by atoms with Gasteiger partial charge >= 0.3 is 11.9 Å². The number of sulfone groups is 1. The number of rotatable bonds is 3. The maximum absolute atomic E-state index is 12.4. The lowest BCUT2D eigenvalue weighted by atomic mass is 9.92. The number of β-lactam (4-membered cyclic amide) rings is 1. The van der Waals surface area contributed by atoms with Gasteiger partial charge in [-0.2, -0.15) is 0 Å². The lowest BCUT2D eigenvalue weighted by Gasteiger charge is -2.42. The van der Waals surface area contributed by atoms with Crippen LogP contribution in [0, 0.1) is 5.92 Å². The van der Waals surface area contributed by atoms with Gasteiger partial charge in [0.05, 0.1) is 4.75 Å². The van der Waals surface area contributed by atoms with Crippen LogP contribution in [0.2, 0.25) is 0 Å². The van der Waals surface area contributed by atoms with Gasteiger partial charge in [0, 0.05) is 6.92 Å². The van der Waals surface area contributed by atoms with Crippen LogP contribution in [0.25, 0.3) is 0 Å². The van der Waals surface area contributed by atoms with Crippen LogP contribution in [0.15, 0.2) is 0 Å². The summed E-state index contributed by atoms with van der Waals surface area (Å²) < 4.78 is 27.9. The number of ether oxygens (including phenoxy) is 1. The number of carbonyl (C=O) groups is 3. The van der Waals surface area contributed by atoms with Gasteiger partial charge in [-0.25, -0.2) is 13.2 Å². The van der Waals surface area contributed by atoms with Crippen LogP contribution in [0.1, 0.15) is 20.8 Å². The number of fused-ring (bicyclic) bond motifs is 1. The molecule has 1 N–H and O–H groups in total. The first-order chi connectivity index (χ1) is 9.03. The molecular formula is C11H15NO7S. The summed E-state index contributed by atoms with van der Waals surface area (Å²) in [6.07, 6.45) is 0. The standard InChI is InChI=1S/C11H15NO7S/c1-5(13)19-4-6-8(14)12-7(10(15)16)11(2,3)20(17,18)9(6)12/h6-7,9H,4H2,1-3H3,(H,15,16)/t6-,7+,9-/m1/s1. The van der Waals surface area contributed by atoms with Crippen molar-refractivity contribution in [3.05, 3.63) is 0 Å². The van der Waals surface area contributed by atoms with E-state index in [9.17, 15) is 27.9 Å². The summed E-state index contributed by atoms with van der Waals surface area (Å²) in [6, 6.07) is -1.42. The van der Waals surface area contributed by atoms with Crippen molar-refractivity contribution in [3.8, 4) is 0 Å². The predicted molar refractivity (Wildman–Crippen MR) is 65.2 cm³/mol. The summed E-state index contributed by atoms with van der Waals surface area (Å²) in [6.45, 7) is 3.37. The van der Waals surface area contributed by atoms with Crippen molar-refractivity contribution in [1.82, 2.24) is 4.90 Å². The summed E-state index contributed by atoms with van der Waals surface area (Å²) in [5, 5.41) is 7.95. The molecule has 20 heavy (non-hydrogen) atoms. The van der Waals surface area contributed by atoms with Crippen molar-refractivity contribution in [3.63, 3.8) is 0 Å². The number of hydrogen-bond acceptors (Lipinski definition) is 6. The second-order valence-electron chi connectivity index (χ2n) is 5.43. The third-order valence-electron chi connectivity index (χ3n) is 3.88. The molecule has 9 heteroatoms. The molecule has 0 unspecified atom stereocenters. The van der Waals surface area contributed by atoms with E-state index in [-0.39, 0.29) is 6.61 Å². The number of hydrogen-bond donors (Lipinski definition) is 1. The fourth-order valence-corrected chi connectivity index (χ4v) is 5.07. The third-order valence-corrected chi connectivity index (χ3v) is 6.76. The molecular weight excluding hydrogens is 290 g/mol. The van der Waals surface area contributed by atoms with E-state index in [2.05, 4.69) is 4.74 Å². The molecule has 0 aliphatic carbocycles. The zero-order chi connectivity index (χ0) is 15.5. The normalized spacial score (nSPS) is 33.2. The first kappa shape index (κ1) is 14.8. The second kappa shape index (κ2) is 4.18. The van der Waals surface area contributed by atoms with E-state index in [1.54, 1.807) is 0 Å². The first-order valence-corrected chi connectivity index (χ1v) is 7.50. The fraction of sp³-hybridized carbons (Fsp3) is 0.727. The smallest absolute Gasteiger partial charge is 0.328 e. The molecule has 0 radical (unpaired) electrons. The molecule has 0 aromatic rings. The molecule has 2 heterocycles. The van der Waals surface area contributed by atoms with Crippen LogP contribution >= 0.6 is 0 Å². The molecule has 0 bridgehead atoms. The summed E-state index contributed by atoms with van der Waals surface area (Å²) in [7, 11) is -3.86. The predicted octanol–water partition coefficient (Wildman–Crippen LogP) is -1.01. The molecule has 2 fully saturated rings. The Morgan fingerprint density at radius 3 is 2.40 bits per heavy atom. The van der Waals surface area contributed by atoms with Crippen LogP contribution in [0.5, 0.6) is 0 Å². The van der Waals surface area contributed by atoms with Crippen LogP contribution in [0.3, 0.4) is 0 Å². The van der Waals surface area contributed by atoms with Crippen LogP contribution in [-0.2, 0) is 29.0 Å². The average molecular weight is 305 g/mol. The average Bonchev–Trinajstić information content (AvgIpc) is 2.42. The van der Waals surface area contributed by atoms with E-state index in [0.29, 0.717) is 0 Å². The molecule has 2 aliphatic heterocycles. The second-order valence-corrected chi connectivity index (χ2v) is 8.06. The van der Waals surface area contributed by atoms with E-state index in [1.807, 2.05) is 0 Å². The Bertz CT molecular complexity index is 594. The lowest BCUT2D eigenvalue weighted by Crippen LogP contribution is -2.64. The minimum atomic E-state index is -3.86. The number of esters is 1. The number of carboxylic acid groups (broad SMARTS) is 1. The molecule has 1 amide bonds. The Kier molecular flexibility index (Phi) is 3.08. The third kappa shape index (κ3) is 1.65. The number of amides is 1. The minimum Gasteiger partial charge on any atom is -0.480 e. The lowest BCUT2D eigenvalue weighted by molar-refractivity contribution is -0.168. The zero-order valence-corrected chi connectivity index (χ0v) is 12.0. The summed E-state index contributed by atoms with van der Waals surface area (Å²) in [5.74, 6) is -3.62. The highest BCUT2D eigenvalue weighted by Gasteiger charge is 2.72. The maximum atomic E-state index is 12.4. The number of carbonyl (C=O) groups excluding carboxylic acids is 2. The largest absolute Gasteiger partial charge is 0.480 e. The van der Waals surface area contributed by atoms with Crippen LogP contribution in [-0.4, -0.2) is 59.0 Å². The summed E-state index contributed by atoms with van der Waals surface area (Å²) in [5.41, 5.74) is 0.